The molecule has 7 nitrogen and oxygen atoms in total. The fourth-order valence-corrected chi connectivity index (χ4v) is 3.40. The predicted molar refractivity (Wildman–Crippen MR) is 108 cm³/mol. The van der Waals surface area contributed by atoms with Crippen LogP contribution in [0.5, 0.6) is 0 Å². The molecule has 1 saturated heterocycles. The number of benzene rings is 2. The SMILES string of the molecule is c1ccc2nc(-c3nc4ccccc4o3)c(NCCN3CCOCC3)nc2c1. The molecule has 2 aromatic carbocycles. The second-order valence-electron chi connectivity index (χ2n) is 6.78. The molecule has 1 aliphatic rings. The summed E-state index contributed by atoms with van der Waals surface area (Å²) in [6, 6.07) is 15.6. The lowest BCUT2D eigenvalue weighted by Gasteiger charge is -2.26. The first-order chi connectivity index (χ1) is 13.9. The Labute approximate surface area is 162 Å². The number of anilines is 1. The number of rotatable bonds is 5. The first-order valence-corrected chi connectivity index (χ1v) is 9.53. The van der Waals surface area contributed by atoms with E-state index < -0.39 is 0 Å². The molecule has 0 radical (unpaired) electrons. The minimum absolute atomic E-state index is 0.480. The van der Waals surface area contributed by atoms with E-state index in [-0.39, 0.29) is 0 Å². The number of fused-ring (bicyclic) bond motifs is 2. The lowest BCUT2D eigenvalue weighted by molar-refractivity contribution is 0.0398. The van der Waals surface area contributed by atoms with Crippen molar-refractivity contribution in [1.82, 2.24) is 19.9 Å². The molecule has 0 spiro atoms. The molecule has 1 N–H and O–H groups in total. The Morgan fingerprint density at radius 2 is 1.57 bits per heavy atom. The van der Waals surface area contributed by atoms with Crippen molar-refractivity contribution in [2.45, 2.75) is 0 Å². The van der Waals surface area contributed by atoms with Gasteiger partial charge in [0.05, 0.1) is 24.2 Å². The average Bonchev–Trinajstić information content (AvgIpc) is 3.18. The van der Waals surface area contributed by atoms with Crippen molar-refractivity contribution < 1.29 is 9.15 Å². The zero-order valence-corrected chi connectivity index (χ0v) is 15.5. The highest BCUT2D eigenvalue weighted by Crippen LogP contribution is 2.29. The fraction of sp³-hybridized carbons (Fsp3) is 0.286. The molecule has 0 aliphatic carbocycles. The van der Waals surface area contributed by atoms with Gasteiger partial charge in [0, 0.05) is 26.2 Å². The van der Waals surface area contributed by atoms with Crippen molar-refractivity contribution in [1.29, 1.82) is 0 Å². The quantitative estimate of drug-likeness (QED) is 0.574. The smallest absolute Gasteiger partial charge is 0.250 e. The van der Waals surface area contributed by atoms with Gasteiger partial charge in [-0.1, -0.05) is 24.3 Å². The van der Waals surface area contributed by atoms with Crippen molar-refractivity contribution in [3.05, 3.63) is 48.5 Å². The van der Waals surface area contributed by atoms with Crippen LogP contribution < -0.4 is 5.32 Å². The highest BCUT2D eigenvalue weighted by Gasteiger charge is 2.17. The molecule has 4 aromatic rings. The molecule has 28 heavy (non-hydrogen) atoms. The van der Waals surface area contributed by atoms with Crippen LogP contribution in [0.3, 0.4) is 0 Å². The number of hydrogen-bond donors (Lipinski definition) is 1. The van der Waals surface area contributed by atoms with Gasteiger partial charge in [-0.15, -0.1) is 0 Å². The van der Waals surface area contributed by atoms with Crippen LogP contribution >= 0.6 is 0 Å². The van der Waals surface area contributed by atoms with E-state index in [4.69, 9.17) is 19.1 Å². The Bertz CT molecular complexity index is 1070. The third-order valence-corrected chi connectivity index (χ3v) is 4.89. The largest absolute Gasteiger partial charge is 0.435 e. The van der Waals surface area contributed by atoms with Gasteiger partial charge in [-0.2, -0.15) is 0 Å². The van der Waals surface area contributed by atoms with Crippen LogP contribution in [-0.4, -0.2) is 59.2 Å². The topological polar surface area (TPSA) is 76.3 Å². The monoisotopic (exact) mass is 375 g/mol. The number of hydrogen-bond acceptors (Lipinski definition) is 7. The number of aromatic nitrogens is 3. The Kier molecular flexibility index (Phi) is 4.60. The van der Waals surface area contributed by atoms with E-state index in [2.05, 4.69) is 15.2 Å². The summed E-state index contributed by atoms with van der Waals surface area (Å²) in [4.78, 5) is 16.6. The number of para-hydroxylation sites is 4. The molecule has 142 valence electrons. The fourth-order valence-electron chi connectivity index (χ4n) is 3.40. The number of nitrogens with one attached hydrogen (secondary N) is 1. The van der Waals surface area contributed by atoms with E-state index in [1.54, 1.807) is 0 Å². The van der Waals surface area contributed by atoms with Crippen LogP contribution in [0.25, 0.3) is 33.7 Å². The van der Waals surface area contributed by atoms with E-state index in [0.717, 1.165) is 61.5 Å². The van der Waals surface area contributed by atoms with E-state index in [9.17, 15) is 0 Å². The van der Waals surface area contributed by atoms with Gasteiger partial charge in [-0.25, -0.2) is 15.0 Å². The van der Waals surface area contributed by atoms with Gasteiger partial charge in [-0.05, 0) is 24.3 Å². The molecule has 0 bridgehead atoms. The summed E-state index contributed by atoms with van der Waals surface area (Å²) >= 11 is 0. The van der Waals surface area contributed by atoms with Crippen molar-refractivity contribution in [2.75, 3.05) is 44.7 Å². The van der Waals surface area contributed by atoms with Crippen molar-refractivity contribution >= 4 is 28.0 Å². The molecule has 1 fully saturated rings. The minimum atomic E-state index is 0.480. The van der Waals surface area contributed by atoms with E-state index >= 15 is 0 Å². The first kappa shape index (κ1) is 17.1. The molecule has 0 atom stereocenters. The van der Waals surface area contributed by atoms with Gasteiger partial charge in [-0.3, -0.25) is 4.90 Å². The second kappa shape index (κ2) is 7.53. The van der Waals surface area contributed by atoms with Crippen molar-refractivity contribution in [3.63, 3.8) is 0 Å². The summed E-state index contributed by atoms with van der Waals surface area (Å²) in [5.41, 5.74) is 3.85. The Morgan fingerprint density at radius 1 is 0.857 bits per heavy atom. The number of morpholine rings is 1. The van der Waals surface area contributed by atoms with Gasteiger partial charge in [0.15, 0.2) is 17.1 Å². The number of oxazole rings is 1. The molecule has 7 heteroatoms. The molecule has 1 aliphatic heterocycles. The maximum absolute atomic E-state index is 5.96. The predicted octanol–water partition coefficient (Wildman–Crippen LogP) is 3.18. The normalized spacial score (nSPS) is 15.3. The van der Waals surface area contributed by atoms with Gasteiger partial charge in [0.25, 0.3) is 0 Å². The standard InChI is InChI=1S/C21H21N5O2/c1-2-6-16-15(5-1)23-19(21-25-17-7-3-4-8-18(17)28-21)20(24-16)22-9-10-26-11-13-27-14-12-26/h1-8H,9-14H2,(H,22,24). The molecular weight excluding hydrogens is 354 g/mol. The Hall–Kier alpha value is -3.03. The zero-order chi connectivity index (χ0) is 18.8. The molecule has 2 aromatic heterocycles. The van der Waals surface area contributed by atoms with E-state index in [1.807, 2.05) is 48.5 Å². The third kappa shape index (κ3) is 3.42. The van der Waals surface area contributed by atoms with Crippen LogP contribution in [0, 0.1) is 0 Å². The summed E-state index contributed by atoms with van der Waals surface area (Å²) in [7, 11) is 0. The summed E-state index contributed by atoms with van der Waals surface area (Å²) in [6.07, 6.45) is 0. The maximum Gasteiger partial charge on any atom is 0.250 e. The van der Waals surface area contributed by atoms with E-state index in [0.29, 0.717) is 17.4 Å². The summed E-state index contributed by atoms with van der Waals surface area (Å²) in [5.74, 6) is 1.17. The molecular formula is C21H21N5O2. The average molecular weight is 375 g/mol. The molecule has 0 unspecified atom stereocenters. The summed E-state index contributed by atoms with van der Waals surface area (Å²) in [6.45, 7) is 5.20. The van der Waals surface area contributed by atoms with Crippen molar-refractivity contribution in [3.8, 4) is 11.6 Å². The van der Waals surface area contributed by atoms with E-state index in [1.165, 1.54) is 0 Å². The lowest BCUT2D eigenvalue weighted by Crippen LogP contribution is -2.39. The number of ether oxygens (including phenoxy) is 1. The first-order valence-electron chi connectivity index (χ1n) is 9.53. The van der Waals surface area contributed by atoms with Crippen LogP contribution in [0.2, 0.25) is 0 Å². The summed E-state index contributed by atoms with van der Waals surface area (Å²) < 4.78 is 11.4. The van der Waals surface area contributed by atoms with Gasteiger partial charge in [0.2, 0.25) is 5.89 Å². The summed E-state index contributed by atoms with van der Waals surface area (Å²) in [5, 5.41) is 3.44. The van der Waals surface area contributed by atoms with Gasteiger partial charge < -0.3 is 14.5 Å². The molecule has 3 heterocycles. The maximum atomic E-state index is 5.96. The second-order valence-corrected chi connectivity index (χ2v) is 6.78. The lowest BCUT2D eigenvalue weighted by atomic mass is 10.2. The van der Waals surface area contributed by atoms with Crippen LogP contribution in [0.4, 0.5) is 5.82 Å². The Balaban J connectivity index is 1.47. The molecule has 0 saturated carbocycles. The highest BCUT2D eigenvalue weighted by molar-refractivity contribution is 5.83. The Morgan fingerprint density at radius 3 is 2.36 bits per heavy atom. The number of nitrogens with zero attached hydrogens (tertiary/aromatic N) is 4. The van der Waals surface area contributed by atoms with Crippen LogP contribution in [-0.2, 0) is 4.74 Å². The van der Waals surface area contributed by atoms with Gasteiger partial charge >= 0.3 is 0 Å². The van der Waals surface area contributed by atoms with Gasteiger partial charge in [0.1, 0.15) is 5.52 Å². The molecule has 0 amide bonds. The molecule has 5 rings (SSSR count). The highest BCUT2D eigenvalue weighted by atomic mass is 16.5. The third-order valence-electron chi connectivity index (χ3n) is 4.89. The zero-order valence-electron chi connectivity index (χ0n) is 15.5. The van der Waals surface area contributed by atoms with Crippen LogP contribution in [0.1, 0.15) is 0 Å². The van der Waals surface area contributed by atoms with Crippen LogP contribution in [0.15, 0.2) is 52.9 Å². The van der Waals surface area contributed by atoms with Crippen molar-refractivity contribution in [2.24, 2.45) is 0 Å². The minimum Gasteiger partial charge on any atom is -0.435 e.